The first-order chi connectivity index (χ1) is 8.79. The third-order valence-corrected chi connectivity index (χ3v) is 2.71. The molecule has 18 heavy (non-hydrogen) atoms. The smallest absolute Gasteiger partial charge is 0.223 e. The number of hydrogen-bond acceptors (Lipinski definition) is 4. The molecule has 0 saturated heterocycles. The van der Waals surface area contributed by atoms with Crippen molar-refractivity contribution in [3.8, 4) is 11.3 Å². The molecule has 1 aromatic carbocycles. The van der Waals surface area contributed by atoms with Gasteiger partial charge < -0.3 is 11.1 Å². The highest BCUT2D eigenvalue weighted by molar-refractivity contribution is 6.30. The van der Waals surface area contributed by atoms with Gasteiger partial charge >= 0.3 is 0 Å². The summed E-state index contributed by atoms with van der Waals surface area (Å²) in [4.78, 5) is 8.60. The summed E-state index contributed by atoms with van der Waals surface area (Å²) in [6.45, 7) is 1.43. The number of nitrogens with two attached hydrogens (primary N) is 1. The molecule has 3 N–H and O–H groups in total. The van der Waals surface area contributed by atoms with E-state index in [1.165, 1.54) is 0 Å². The Morgan fingerprint density at radius 2 is 1.94 bits per heavy atom. The number of halogens is 1. The minimum absolute atomic E-state index is 0.621. The van der Waals surface area contributed by atoms with Crippen LogP contribution in [0.5, 0.6) is 0 Å². The Morgan fingerprint density at radius 1 is 1.17 bits per heavy atom. The molecule has 0 atom stereocenters. The Balaban J connectivity index is 2.13. The molecular formula is C13H15ClN4. The second kappa shape index (κ2) is 6.33. The van der Waals surface area contributed by atoms with Gasteiger partial charge in [-0.15, -0.1) is 0 Å². The zero-order valence-electron chi connectivity index (χ0n) is 9.94. The van der Waals surface area contributed by atoms with Gasteiger partial charge in [0.2, 0.25) is 5.95 Å². The predicted octanol–water partition coefficient (Wildman–Crippen LogP) is 2.56. The van der Waals surface area contributed by atoms with Gasteiger partial charge in [-0.3, -0.25) is 0 Å². The normalized spacial score (nSPS) is 10.3. The maximum Gasteiger partial charge on any atom is 0.223 e. The highest BCUT2D eigenvalue weighted by Crippen LogP contribution is 2.19. The van der Waals surface area contributed by atoms with Crippen LogP contribution in [0.4, 0.5) is 5.95 Å². The fourth-order valence-electron chi connectivity index (χ4n) is 1.53. The number of aromatic nitrogens is 2. The minimum atomic E-state index is 0.621. The first kappa shape index (κ1) is 12.8. The molecular weight excluding hydrogens is 248 g/mol. The summed E-state index contributed by atoms with van der Waals surface area (Å²) in [6.07, 6.45) is 2.64. The lowest BCUT2D eigenvalue weighted by Gasteiger charge is -2.06. The van der Waals surface area contributed by atoms with Gasteiger partial charge in [-0.1, -0.05) is 23.7 Å². The second-order valence-corrected chi connectivity index (χ2v) is 4.28. The topological polar surface area (TPSA) is 63.8 Å². The lowest BCUT2D eigenvalue weighted by molar-refractivity contribution is 0.864. The fourth-order valence-corrected chi connectivity index (χ4v) is 1.65. The van der Waals surface area contributed by atoms with E-state index in [1.54, 1.807) is 6.20 Å². The lowest BCUT2D eigenvalue weighted by atomic mass is 10.1. The molecule has 0 fully saturated rings. The Labute approximate surface area is 111 Å². The highest BCUT2D eigenvalue weighted by atomic mass is 35.5. The summed E-state index contributed by atoms with van der Waals surface area (Å²) in [6, 6.07) is 9.45. The van der Waals surface area contributed by atoms with Crippen molar-refractivity contribution in [3.05, 3.63) is 41.6 Å². The Morgan fingerprint density at radius 3 is 2.67 bits per heavy atom. The van der Waals surface area contributed by atoms with E-state index in [9.17, 15) is 0 Å². The van der Waals surface area contributed by atoms with Crippen molar-refractivity contribution in [2.75, 3.05) is 18.4 Å². The summed E-state index contributed by atoms with van der Waals surface area (Å²) < 4.78 is 0. The van der Waals surface area contributed by atoms with Gasteiger partial charge in [0.05, 0.1) is 5.69 Å². The summed E-state index contributed by atoms with van der Waals surface area (Å²) >= 11 is 5.86. The largest absolute Gasteiger partial charge is 0.354 e. The molecule has 0 unspecified atom stereocenters. The van der Waals surface area contributed by atoms with Crippen molar-refractivity contribution >= 4 is 17.5 Å². The monoisotopic (exact) mass is 262 g/mol. The molecule has 0 aliphatic heterocycles. The van der Waals surface area contributed by atoms with E-state index in [4.69, 9.17) is 17.3 Å². The van der Waals surface area contributed by atoms with Gasteiger partial charge in [0.25, 0.3) is 0 Å². The molecule has 2 aromatic rings. The zero-order valence-corrected chi connectivity index (χ0v) is 10.7. The van der Waals surface area contributed by atoms with Crippen LogP contribution in [-0.4, -0.2) is 23.1 Å². The second-order valence-electron chi connectivity index (χ2n) is 3.84. The van der Waals surface area contributed by atoms with Gasteiger partial charge in [-0.25, -0.2) is 9.97 Å². The van der Waals surface area contributed by atoms with Crippen LogP contribution in [0.2, 0.25) is 5.02 Å². The van der Waals surface area contributed by atoms with Crippen LogP contribution in [0.15, 0.2) is 36.5 Å². The van der Waals surface area contributed by atoms with E-state index in [1.807, 2.05) is 30.3 Å². The first-order valence-corrected chi connectivity index (χ1v) is 6.20. The molecule has 4 nitrogen and oxygen atoms in total. The minimum Gasteiger partial charge on any atom is -0.354 e. The van der Waals surface area contributed by atoms with E-state index < -0.39 is 0 Å². The van der Waals surface area contributed by atoms with Crippen molar-refractivity contribution in [3.63, 3.8) is 0 Å². The predicted molar refractivity (Wildman–Crippen MR) is 74.6 cm³/mol. The van der Waals surface area contributed by atoms with Crippen LogP contribution < -0.4 is 11.1 Å². The molecule has 0 saturated carbocycles. The van der Waals surface area contributed by atoms with Gasteiger partial charge in [-0.2, -0.15) is 0 Å². The zero-order chi connectivity index (χ0) is 12.8. The molecule has 0 radical (unpaired) electrons. The summed E-state index contributed by atoms with van der Waals surface area (Å²) in [5.41, 5.74) is 7.32. The average Bonchev–Trinajstić information content (AvgIpc) is 2.40. The number of rotatable bonds is 5. The lowest BCUT2D eigenvalue weighted by Crippen LogP contribution is -2.10. The number of benzene rings is 1. The molecule has 1 heterocycles. The molecule has 1 aromatic heterocycles. The highest BCUT2D eigenvalue weighted by Gasteiger charge is 2.01. The van der Waals surface area contributed by atoms with E-state index in [2.05, 4.69) is 15.3 Å². The molecule has 94 valence electrons. The third kappa shape index (κ3) is 3.42. The van der Waals surface area contributed by atoms with Crippen molar-refractivity contribution in [1.82, 2.24) is 9.97 Å². The van der Waals surface area contributed by atoms with Crippen LogP contribution >= 0.6 is 11.6 Å². The van der Waals surface area contributed by atoms with Crippen molar-refractivity contribution in [1.29, 1.82) is 0 Å². The summed E-state index contributed by atoms with van der Waals surface area (Å²) in [7, 11) is 0. The molecule has 0 aliphatic rings. The van der Waals surface area contributed by atoms with Crippen LogP contribution in [0.3, 0.4) is 0 Å². The standard InChI is InChI=1S/C13H15ClN4/c14-11-4-2-10(3-5-11)12-6-9-17-13(18-12)16-8-1-7-15/h2-6,9H,1,7-8,15H2,(H,16,17,18). The van der Waals surface area contributed by atoms with Crippen molar-refractivity contribution < 1.29 is 0 Å². The van der Waals surface area contributed by atoms with E-state index in [0.717, 1.165) is 24.2 Å². The van der Waals surface area contributed by atoms with E-state index in [0.29, 0.717) is 17.5 Å². The Hall–Kier alpha value is -1.65. The Bertz CT molecular complexity index is 499. The molecule has 0 bridgehead atoms. The average molecular weight is 263 g/mol. The first-order valence-electron chi connectivity index (χ1n) is 5.82. The summed E-state index contributed by atoms with van der Waals surface area (Å²) in [5, 5.41) is 3.86. The number of nitrogens with zero attached hydrogens (tertiary/aromatic N) is 2. The quantitative estimate of drug-likeness (QED) is 0.813. The van der Waals surface area contributed by atoms with Crippen molar-refractivity contribution in [2.24, 2.45) is 5.73 Å². The molecule has 0 amide bonds. The van der Waals surface area contributed by atoms with E-state index in [-0.39, 0.29) is 0 Å². The van der Waals surface area contributed by atoms with Gasteiger partial charge in [0.15, 0.2) is 0 Å². The SMILES string of the molecule is NCCCNc1nccc(-c2ccc(Cl)cc2)n1. The maximum atomic E-state index is 5.86. The van der Waals surface area contributed by atoms with E-state index >= 15 is 0 Å². The van der Waals surface area contributed by atoms with Gasteiger partial charge in [0, 0.05) is 23.3 Å². The summed E-state index contributed by atoms with van der Waals surface area (Å²) in [5.74, 6) is 0.621. The number of anilines is 1. The van der Waals surface area contributed by atoms with Gasteiger partial charge in [-0.05, 0) is 31.2 Å². The van der Waals surface area contributed by atoms with Crippen LogP contribution in [0.1, 0.15) is 6.42 Å². The van der Waals surface area contributed by atoms with Crippen LogP contribution in [0.25, 0.3) is 11.3 Å². The Kier molecular flexibility index (Phi) is 4.50. The maximum absolute atomic E-state index is 5.86. The molecule has 5 heteroatoms. The van der Waals surface area contributed by atoms with Crippen LogP contribution in [-0.2, 0) is 0 Å². The molecule has 2 rings (SSSR count). The number of hydrogen-bond donors (Lipinski definition) is 2. The third-order valence-electron chi connectivity index (χ3n) is 2.46. The van der Waals surface area contributed by atoms with Gasteiger partial charge in [0.1, 0.15) is 0 Å². The number of nitrogens with one attached hydrogen (secondary N) is 1. The molecule has 0 aliphatic carbocycles. The van der Waals surface area contributed by atoms with Crippen molar-refractivity contribution in [2.45, 2.75) is 6.42 Å². The fraction of sp³-hybridized carbons (Fsp3) is 0.231. The molecule has 0 spiro atoms. The van der Waals surface area contributed by atoms with Crippen LogP contribution in [0, 0.1) is 0 Å².